The van der Waals surface area contributed by atoms with Crippen molar-refractivity contribution in [2.45, 2.75) is 39.2 Å². The predicted molar refractivity (Wildman–Crippen MR) is 164 cm³/mol. The summed E-state index contributed by atoms with van der Waals surface area (Å²) < 4.78 is 11.1. The lowest BCUT2D eigenvalue weighted by molar-refractivity contribution is 0.294. The third-order valence-corrected chi connectivity index (χ3v) is 5.58. The first-order valence-electron chi connectivity index (χ1n) is 12.6. The Morgan fingerprint density at radius 2 is 1.27 bits per heavy atom. The minimum absolute atomic E-state index is 0.541. The molecule has 192 valence electrons. The van der Waals surface area contributed by atoms with E-state index < -0.39 is 0 Å². The molecular formula is C34H38O2S. The third kappa shape index (κ3) is 11.3. The minimum Gasteiger partial charge on any atom is -0.501 e. The minimum atomic E-state index is 0.541. The SMILES string of the molecule is CC.C\C=C/C(/C=C/c1ccc(/C=C/c2ccc(OCc3ccc(S)cc3)cc2)cc1)=C\C=C(/C)OC. The van der Waals surface area contributed by atoms with Crippen molar-refractivity contribution in [2.75, 3.05) is 7.11 Å². The third-order valence-electron chi connectivity index (χ3n) is 5.29. The molecule has 0 fully saturated rings. The summed E-state index contributed by atoms with van der Waals surface area (Å²) in [5.41, 5.74) is 5.66. The highest BCUT2D eigenvalue weighted by Gasteiger charge is 1.97. The second kappa shape index (κ2) is 16.9. The van der Waals surface area contributed by atoms with E-state index in [-0.39, 0.29) is 0 Å². The highest BCUT2D eigenvalue weighted by Crippen LogP contribution is 2.17. The second-order valence-corrected chi connectivity index (χ2v) is 8.52. The number of benzene rings is 3. The molecular weight excluding hydrogens is 472 g/mol. The molecule has 0 aromatic heterocycles. The normalized spacial score (nSPS) is 12.2. The highest BCUT2D eigenvalue weighted by atomic mass is 32.1. The number of hydrogen-bond donors (Lipinski definition) is 1. The number of hydrogen-bond acceptors (Lipinski definition) is 3. The molecule has 0 amide bonds. The Balaban J connectivity index is 0.00000235. The van der Waals surface area contributed by atoms with Crippen molar-refractivity contribution in [2.24, 2.45) is 0 Å². The fourth-order valence-electron chi connectivity index (χ4n) is 3.18. The maximum absolute atomic E-state index is 5.88. The van der Waals surface area contributed by atoms with Crippen molar-refractivity contribution in [1.29, 1.82) is 0 Å². The van der Waals surface area contributed by atoms with Crippen LogP contribution < -0.4 is 4.74 Å². The van der Waals surface area contributed by atoms with Gasteiger partial charge in [-0.05, 0) is 72.0 Å². The molecule has 0 saturated heterocycles. The van der Waals surface area contributed by atoms with Gasteiger partial charge in [0.25, 0.3) is 0 Å². The largest absolute Gasteiger partial charge is 0.501 e. The van der Waals surface area contributed by atoms with Crippen LogP contribution in [-0.4, -0.2) is 7.11 Å². The van der Waals surface area contributed by atoms with Crippen LogP contribution in [0.25, 0.3) is 18.2 Å². The maximum atomic E-state index is 5.88. The number of methoxy groups -OCH3 is 1. The van der Waals surface area contributed by atoms with Gasteiger partial charge >= 0.3 is 0 Å². The van der Waals surface area contributed by atoms with Crippen molar-refractivity contribution in [3.8, 4) is 5.75 Å². The molecule has 3 rings (SSSR count). The van der Waals surface area contributed by atoms with Gasteiger partial charge in [0.05, 0.1) is 12.9 Å². The standard InChI is InChI=1S/C32H32O2S.C2H6/c1-4-5-26(7-6-25(2)33-3)8-9-27-10-12-28(13-11-27)14-15-29-16-20-31(21-17-29)34-24-30-18-22-32(35)23-19-30;1-2/h4-23,35H,24H2,1-3H3;1-2H3/b5-4-,9-8+,15-14+,25-6+,26-7+;. The molecule has 3 aromatic carbocycles. The van der Waals surface area contributed by atoms with Gasteiger partial charge in [-0.2, -0.15) is 0 Å². The van der Waals surface area contributed by atoms with Gasteiger partial charge in [0.2, 0.25) is 0 Å². The Kier molecular flexibility index (Phi) is 13.5. The van der Waals surface area contributed by atoms with E-state index in [0.717, 1.165) is 44.2 Å². The molecule has 0 aliphatic rings. The van der Waals surface area contributed by atoms with E-state index in [9.17, 15) is 0 Å². The molecule has 0 spiro atoms. The van der Waals surface area contributed by atoms with Gasteiger partial charge in [-0.15, -0.1) is 12.6 Å². The zero-order valence-electron chi connectivity index (χ0n) is 22.5. The Labute approximate surface area is 228 Å². The van der Waals surface area contributed by atoms with Gasteiger partial charge < -0.3 is 9.47 Å². The van der Waals surface area contributed by atoms with Crippen molar-refractivity contribution < 1.29 is 9.47 Å². The van der Waals surface area contributed by atoms with Gasteiger partial charge in [-0.25, -0.2) is 0 Å². The van der Waals surface area contributed by atoms with Crippen LogP contribution >= 0.6 is 12.6 Å². The van der Waals surface area contributed by atoms with Gasteiger partial charge in [0.15, 0.2) is 0 Å². The summed E-state index contributed by atoms with van der Waals surface area (Å²) in [6.45, 7) is 8.49. The number of thiol groups is 1. The molecule has 3 aromatic rings. The van der Waals surface area contributed by atoms with Crippen LogP contribution in [0.3, 0.4) is 0 Å². The highest BCUT2D eigenvalue weighted by molar-refractivity contribution is 7.80. The summed E-state index contributed by atoms with van der Waals surface area (Å²) in [4.78, 5) is 0.952. The molecule has 0 atom stereocenters. The van der Waals surface area contributed by atoms with E-state index in [4.69, 9.17) is 9.47 Å². The molecule has 0 heterocycles. The topological polar surface area (TPSA) is 18.5 Å². The van der Waals surface area contributed by atoms with Crippen molar-refractivity contribution in [3.63, 3.8) is 0 Å². The van der Waals surface area contributed by atoms with Crippen LogP contribution in [0.2, 0.25) is 0 Å². The van der Waals surface area contributed by atoms with E-state index in [0.29, 0.717) is 6.61 Å². The number of rotatable bonds is 10. The predicted octanol–water partition coefficient (Wildman–Crippen LogP) is 9.82. The molecule has 0 aliphatic heterocycles. The molecule has 0 radical (unpaired) electrons. The van der Waals surface area contributed by atoms with Crippen LogP contribution in [0.5, 0.6) is 5.75 Å². The molecule has 2 nitrogen and oxygen atoms in total. The molecule has 0 aliphatic carbocycles. The summed E-state index contributed by atoms with van der Waals surface area (Å²) in [6.07, 6.45) is 16.5. The Bertz CT molecular complexity index is 1210. The fourth-order valence-corrected chi connectivity index (χ4v) is 3.33. The molecule has 0 bridgehead atoms. The molecule has 0 N–H and O–H groups in total. The first kappa shape index (κ1) is 29.5. The van der Waals surface area contributed by atoms with Crippen molar-refractivity contribution in [3.05, 3.63) is 137 Å². The maximum Gasteiger partial charge on any atom is 0.119 e. The van der Waals surface area contributed by atoms with E-state index in [1.807, 2.05) is 82.3 Å². The van der Waals surface area contributed by atoms with Gasteiger partial charge in [0.1, 0.15) is 12.4 Å². The van der Waals surface area contributed by atoms with Crippen LogP contribution in [0.15, 0.2) is 119 Å². The van der Waals surface area contributed by atoms with Crippen molar-refractivity contribution >= 4 is 30.9 Å². The van der Waals surface area contributed by atoms with Crippen LogP contribution in [0.1, 0.15) is 49.9 Å². The summed E-state index contributed by atoms with van der Waals surface area (Å²) in [6, 6.07) is 24.6. The van der Waals surface area contributed by atoms with Crippen LogP contribution in [-0.2, 0) is 11.3 Å². The monoisotopic (exact) mass is 510 g/mol. The zero-order valence-corrected chi connectivity index (χ0v) is 23.4. The van der Waals surface area contributed by atoms with Crippen molar-refractivity contribution in [1.82, 2.24) is 0 Å². The average Bonchev–Trinajstić information content (AvgIpc) is 2.95. The zero-order chi connectivity index (χ0) is 26.9. The van der Waals surface area contributed by atoms with E-state index in [2.05, 4.69) is 79.4 Å². The van der Waals surface area contributed by atoms with E-state index >= 15 is 0 Å². The smallest absolute Gasteiger partial charge is 0.119 e. The van der Waals surface area contributed by atoms with Crippen LogP contribution in [0.4, 0.5) is 0 Å². The quantitative estimate of drug-likeness (QED) is 0.127. The van der Waals surface area contributed by atoms with Gasteiger partial charge in [-0.1, -0.05) is 105 Å². The Morgan fingerprint density at radius 3 is 1.81 bits per heavy atom. The lowest BCUT2D eigenvalue weighted by atomic mass is 10.1. The van der Waals surface area contributed by atoms with Gasteiger partial charge in [0, 0.05) is 4.90 Å². The lowest BCUT2D eigenvalue weighted by Crippen LogP contribution is -1.94. The van der Waals surface area contributed by atoms with Gasteiger partial charge in [-0.3, -0.25) is 0 Å². The van der Waals surface area contributed by atoms with E-state index in [1.165, 1.54) is 0 Å². The molecule has 0 saturated carbocycles. The second-order valence-electron chi connectivity index (χ2n) is 8.01. The van der Waals surface area contributed by atoms with E-state index in [1.54, 1.807) is 7.11 Å². The Hall–Kier alpha value is -3.69. The average molecular weight is 511 g/mol. The molecule has 37 heavy (non-hydrogen) atoms. The number of allylic oxidation sites excluding steroid dienone is 7. The summed E-state index contributed by atoms with van der Waals surface area (Å²) in [7, 11) is 1.68. The summed E-state index contributed by atoms with van der Waals surface area (Å²) in [5, 5.41) is 0. The first-order valence-corrected chi connectivity index (χ1v) is 13.0. The molecule has 0 unspecified atom stereocenters. The fraction of sp³-hybridized carbons (Fsp3) is 0.176. The van der Waals surface area contributed by atoms with Crippen LogP contribution in [0, 0.1) is 0 Å². The summed E-state index contributed by atoms with van der Waals surface area (Å²) in [5.74, 6) is 1.73. The first-order chi connectivity index (χ1) is 18.1. The number of ether oxygens (including phenoxy) is 2. The Morgan fingerprint density at radius 1 is 0.730 bits per heavy atom. The summed E-state index contributed by atoms with van der Waals surface area (Å²) >= 11 is 4.31. The lowest BCUT2D eigenvalue weighted by Gasteiger charge is -2.06. The molecule has 3 heteroatoms.